The van der Waals surface area contributed by atoms with Crippen molar-refractivity contribution in [3.63, 3.8) is 0 Å². The van der Waals surface area contributed by atoms with Gasteiger partial charge in [0.15, 0.2) is 0 Å². The summed E-state index contributed by atoms with van der Waals surface area (Å²) < 4.78 is 5.04. The molecule has 3 heterocycles. The minimum atomic E-state index is 0.0199. The predicted octanol–water partition coefficient (Wildman–Crippen LogP) is 2.21. The van der Waals surface area contributed by atoms with Crippen LogP contribution in [0, 0.1) is 5.92 Å². The molecule has 6 heteroatoms. The summed E-state index contributed by atoms with van der Waals surface area (Å²) in [6.07, 6.45) is 5.22. The Hall–Kier alpha value is -1.66. The molecule has 0 bridgehead atoms. The van der Waals surface area contributed by atoms with E-state index in [0.29, 0.717) is 18.2 Å². The normalized spacial score (nSPS) is 16.6. The maximum atomic E-state index is 12.4. The van der Waals surface area contributed by atoms with Gasteiger partial charge in [0.2, 0.25) is 0 Å². The van der Waals surface area contributed by atoms with Crippen molar-refractivity contribution in [2.45, 2.75) is 12.8 Å². The molecule has 0 aliphatic carbocycles. The van der Waals surface area contributed by atoms with Crippen molar-refractivity contribution in [2.75, 3.05) is 19.6 Å². The van der Waals surface area contributed by atoms with E-state index in [4.69, 9.17) is 10.2 Å². The lowest BCUT2D eigenvalue weighted by Gasteiger charge is -2.30. The second-order valence-corrected chi connectivity index (χ2v) is 5.88. The van der Waals surface area contributed by atoms with Crippen LogP contribution in [0.3, 0.4) is 0 Å². The smallest absolute Gasteiger partial charge is 0.273 e. The summed E-state index contributed by atoms with van der Waals surface area (Å²) in [5.74, 6) is 0.572. The van der Waals surface area contributed by atoms with Gasteiger partial charge in [0.05, 0.1) is 6.26 Å². The van der Waals surface area contributed by atoms with Gasteiger partial charge in [0, 0.05) is 24.0 Å². The molecule has 1 saturated heterocycles. The number of furan rings is 1. The van der Waals surface area contributed by atoms with Gasteiger partial charge in [0.25, 0.3) is 5.91 Å². The van der Waals surface area contributed by atoms with E-state index in [2.05, 4.69) is 4.98 Å². The highest BCUT2D eigenvalue weighted by atomic mass is 32.1. The van der Waals surface area contributed by atoms with Gasteiger partial charge in [-0.2, -0.15) is 0 Å². The van der Waals surface area contributed by atoms with Crippen LogP contribution in [0.1, 0.15) is 23.3 Å². The molecule has 20 heavy (non-hydrogen) atoms. The highest BCUT2D eigenvalue weighted by Gasteiger charge is 2.24. The number of hydrogen-bond donors (Lipinski definition) is 1. The number of likely N-dealkylation sites (tertiary alicyclic amines) is 1. The number of piperidine rings is 1. The second-order valence-electron chi connectivity index (χ2n) is 5.02. The molecule has 1 aliphatic rings. The number of hydrogen-bond acceptors (Lipinski definition) is 5. The first kappa shape index (κ1) is 13.3. The lowest BCUT2D eigenvalue weighted by atomic mass is 9.97. The van der Waals surface area contributed by atoms with Gasteiger partial charge in [-0.25, -0.2) is 4.98 Å². The number of nitrogens with zero attached hydrogens (tertiary/aromatic N) is 2. The summed E-state index contributed by atoms with van der Waals surface area (Å²) in [5, 5.41) is 2.64. The molecule has 0 spiro atoms. The van der Waals surface area contributed by atoms with Crippen LogP contribution < -0.4 is 5.73 Å². The average Bonchev–Trinajstić information content (AvgIpc) is 3.17. The molecule has 106 valence electrons. The molecule has 2 N–H and O–H groups in total. The number of carbonyl (C=O) groups is 1. The van der Waals surface area contributed by atoms with Crippen molar-refractivity contribution in [3.05, 3.63) is 29.7 Å². The molecule has 2 aromatic rings. The van der Waals surface area contributed by atoms with Crippen LogP contribution in [0.25, 0.3) is 10.6 Å². The van der Waals surface area contributed by atoms with Gasteiger partial charge in [-0.1, -0.05) is 0 Å². The first-order chi connectivity index (χ1) is 9.78. The molecule has 1 aliphatic heterocycles. The Morgan fingerprint density at radius 2 is 2.30 bits per heavy atom. The van der Waals surface area contributed by atoms with Crippen LogP contribution in [-0.4, -0.2) is 35.4 Å². The maximum absolute atomic E-state index is 12.4. The Morgan fingerprint density at radius 3 is 2.95 bits per heavy atom. The summed E-state index contributed by atoms with van der Waals surface area (Å²) in [7, 11) is 0. The van der Waals surface area contributed by atoms with E-state index in [1.807, 2.05) is 16.3 Å². The third-order valence-corrected chi connectivity index (χ3v) is 4.62. The second kappa shape index (κ2) is 5.76. The number of rotatable bonds is 3. The zero-order chi connectivity index (χ0) is 13.9. The highest BCUT2D eigenvalue weighted by molar-refractivity contribution is 7.13. The van der Waals surface area contributed by atoms with Crippen molar-refractivity contribution >= 4 is 17.2 Å². The molecular formula is C14H17N3O2S. The lowest BCUT2D eigenvalue weighted by molar-refractivity contribution is 0.0688. The monoisotopic (exact) mass is 291 g/mol. The van der Waals surface area contributed by atoms with Crippen LogP contribution in [0.5, 0.6) is 0 Å². The molecule has 0 unspecified atom stereocenters. The van der Waals surface area contributed by atoms with E-state index in [1.165, 1.54) is 11.3 Å². The van der Waals surface area contributed by atoms with E-state index >= 15 is 0 Å². The molecule has 2 aromatic heterocycles. The molecule has 5 nitrogen and oxygen atoms in total. The van der Waals surface area contributed by atoms with E-state index in [0.717, 1.165) is 36.5 Å². The van der Waals surface area contributed by atoms with Crippen LogP contribution in [0.15, 0.2) is 28.4 Å². The fourth-order valence-corrected chi connectivity index (χ4v) is 3.20. The minimum absolute atomic E-state index is 0.0199. The average molecular weight is 291 g/mol. The molecule has 0 atom stereocenters. The number of amides is 1. The van der Waals surface area contributed by atoms with Gasteiger partial charge in [0.1, 0.15) is 17.0 Å². The van der Waals surface area contributed by atoms with E-state index < -0.39 is 0 Å². The molecule has 0 radical (unpaired) electrons. The SMILES string of the molecule is NCC1CCN(C(=O)c2csc(-c3ccoc3)n2)CC1. The van der Waals surface area contributed by atoms with Gasteiger partial charge in [-0.05, 0) is 31.4 Å². The van der Waals surface area contributed by atoms with Crippen molar-refractivity contribution in [3.8, 4) is 10.6 Å². The predicted molar refractivity (Wildman–Crippen MR) is 77.5 cm³/mol. The summed E-state index contributed by atoms with van der Waals surface area (Å²) in [4.78, 5) is 18.7. The topological polar surface area (TPSA) is 72.4 Å². The fraction of sp³-hybridized carbons (Fsp3) is 0.429. The van der Waals surface area contributed by atoms with E-state index in [9.17, 15) is 4.79 Å². The van der Waals surface area contributed by atoms with Crippen molar-refractivity contribution in [1.82, 2.24) is 9.88 Å². The Kier molecular flexibility index (Phi) is 3.84. The van der Waals surface area contributed by atoms with Crippen molar-refractivity contribution in [2.24, 2.45) is 11.7 Å². The van der Waals surface area contributed by atoms with Crippen LogP contribution >= 0.6 is 11.3 Å². The zero-order valence-corrected chi connectivity index (χ0v) is 11.9. The largest absolute Gasteiger partial charge is 0.472 e. The van der Waals surface area contributed by atoms with Gasteiger partial charge in [-0.15, -0.1) is 11.3 Å². The maximum Gasteiger partial charge on any atom is 0.273 e. The Bertz CT molecular complexity index is 571. The number of nitrogens with two attached hydrogens (primary N) is 1. The summed E-state index contributed by atoms with van der Waals surface area (Å²) in [6, 6.07) is 1.85. The molecule has 3 rings (SSSR count). The van der Waals surface area contributed by atoms with Crippen molar-refractivity contribution in [1.29, 1.82) is 0 Å². The number of thiazole rings is 1. The first-order valence-corrected chi connectivity index (χ1v) is 7.63. The van der Waals surface area contributed by atoms with Gasteiger partial charge in [-0.3, -0.25) is 4.79 Å². The van der Waals surface area contributed by atoms with Crippen LogP contribution in [-0.2, 0) is 0 Å². The number of aromatic nitrogens is 1. The van der Waals surface area contributed by atoms with Crippen molar-refractivity contribution < 1.29 is 9.21 Å². The standard InChI is InChI=1S/C14H17N3O2S/c15-7-10-1-4-17(5-2-10)14(18)12-9-20-13(16-12)11-3-6-19-8-11/h3,6,8-10H,1-2,4-5,7,15H2. The third-order valence-electron chi connectivity index (χ3n) is 3.73. The van der Waals surface area contributed by atoms with Crippen LogP contribution in [0.4, 0.5) is 0 Å². The Balaban J connectivity index is 1.69. The fourth-order valence-electron chi connectivity index (χ4n) is 2.42. The molecule has 0 aromatic carbocycles. The summed E-state index contributed by atoms with van der Waals surface area (Å²) in [6.45, 7) is 2.27. The quantitative estimate of drug-likeness (QED) is 0.941. The molecular weight excluding hydrogens is 274 g/mol. The Labute approximate surface area is 121 Å². The third kappa shape index (κ3) is 2.62. The highest BCUT2D eigenvalue weighted by Crippen LogP contribution is 2.25. The molecule has 1 amide bonds. The minimum Gasteiger partial charge on any atom is -0.472 e. The Morgan fingerprint density at radius 1 is 1.50 bits per heavy atom. The zero-order valence-electron chi connectivity index (χ0n) is 11.1. The van der Waals surface area contributed by atoms with E-state index in [-0.39, 0.29) is 5.91 Å². The molecule has 0 saturated carbocycles. The van der Waals surface area contributed by atoms with Gasteiger partial charge >= 0.3 is 0 Å². The number of carbonyl (C=O) groups excluding carboxylic acids is 1. The summed E-state index contributed by atoms with van der Waals surface area (Å²) in [5.41, 5.74) is 7.11. The van der Waals surface area contributed by atoms with Gasteiger partial charge < -0.3 is 15.1 Å². The summed E-state index contributed by atoms with van der Waals surface area (Å²) >= 11 is 1.47. The first-order valence-electron chi connectivity index (χ1n) is 6.75. The lowest BCUT2D eigenvalue weighted by Crippen LogP contribution is -2.40. The van der Waals surface area contributed by atoms with E-state index in [1.54, 1.807) is 12.5 Å². The van der Waals surface area contributed by atoms with Crippen LogP contribution in [0.2, 0.25) is 0 Å². The molecule has 1 fully saturated rings.